The van der Waals surface area contributed by atoms with E-state index in [4.69, 9.17) is 9.47 Å². The van der Waals surface area contributed by atoms with Crippen LogP contribution in [0, 0.1) is 0 Å². The number of sulfonamides is 1. The number of hydrogen-bond donors (Lipinski definition) is 1. The topological polar surface area (TPSA) is 86.7 Å². The number of piperazine rings is 1. The molecule has 0 saturated carbocycles. The smallest absolute Gasteiger partial charge is 0.216 e. The average Bonchev–Trinajstić information content (AvgIpc) is 2.69. The van der Waals surface area contributed by atoms with E-state index in [0.29, 0.717) is 26.2 Å². The number of nitrogens with one attached hydrogen (secondary N) is 1. The highest BCUT2D eigenvalue weighted by Crippen LogP contribution is 2.15. The summed E-state index contributed by atoms with van der Waals surface area (Å²) in [5, 5.41) is 3.48. The van der Waals surface area contributed by atoms with Gasteiger partial charge >= 0.3 is 0 Å². The van der Waals surface area contributed by atoms with Crippen molar-refractivity contribution in [1.82, 2.24) is 19.4 Å². The second-order valence-electron chi connectivity index (χ2n) is 8.43. The van der Waals surface area contributed by atoms with E-state index in [2.05, 4.69) is 34.0 Å². The lowest BCUT2D eigenvalue weighted by atomic mass is 10.0. The summed E-state index contributed by atoms with van der Waals surface area (Å²) >= 11 is 0. The minimum Gasteiger partial charge on any atom is -0.379 e. The van der Waals surface area contributed by atoms with E-state index in [9.17, 15) is 8.42 Å². The largest absolute Gasteiger partial charge is 0.379 e. The van der Waals surface area contributed by atoms with Crippen molar-refractivity contribution in [2.75, 3.05) is 78.4 Å². The normalized spacial score (nSPS) is 21.0. The first-order valence-corrected chi connectivity index (χ1v) is 12.1. The third-order valence-corrected chi connectivity index (χ3v) is 7.32. The van der Waals surface area contributed by atoms with Gasteiger partial charge < -0.3 is 19.7 Å². The van der Waals surface area contributed by atoms with Crippen molar-refractivity contribution in [1.29, 1.82) is 0 Å². The summed E-state index contributed by atoms with van der Waals surface area (Å²) in [7, 11) is -1.51. The Labute approximate surface area is 176 Å². The van der Waals surface area contributed by atoms with E-state index in [-0.39, 0.29) is 24.0 Å². The van der Waals surface area contributed by atoms with Crippen LogP contribution in [0.15, 0.2) is 4.99 Å². The molecular weight excluding hydrogens is 394 g/mol. The Bertz CT molecular complexity index is 625. The van der Waals surface area contributed by atoms with Crippen LogP contribution in [0.4, 0.5) is 0 Å². The van der Waals surface area contributed by atoms with Crippen LogP contribution < -0.4 is 5.32 Å². The van der Waals surface area contributed by atoms with Crippen LogP contribution in [-0.4, -0.2) is 119 Å². The van der Waals surface area contributed by atoms with Gasteiger partial charge in [0.1, 0.15) is 0 Å². The molecular formula is C19H39N5O4S. The molecule has 0 atom stereocenters. The van der Waals surface area contributed by atoms with Gasteiger partial charge in [0.05, 0.1) is 31.7 Å². The molecule has 0 spiro atoms. The van der Waals surface area contributed by atoms with Crippen LogP contribution in [0.5, 0.6) is 0 Å². The van der Waals surface area contributed by atoms with Crippen molar-refractivity contribution in [2.45, 2.75) is 39.3 Å². The molecule has 1 N–H and O–H groups in total. The lowest BCUT2D eigenvalue weighted by Crippen LogP contribution is -2.59. The lowest BCUT2D eigenvalue weighted by molar-refractivity contribution is -0.00851. The summed E-state index contributed by atoms with van der Waals surface area (Å²) in [6.07, 6.45) is 0.0400. The van der Waals surface area contributed by atoms with Crippen molar-refractivity contribution in [3.63, 3.8) is 0 Å². The molecule has 2 fully saturated rings. The summed E-state index contributed by atoms with van der Waals surface area (Å²) in [5.74, 6) is 0.859. The van der Waals surface area contributed by atoms with Gasteiger partial charge in [-0.2, -0.15) is 4.31 Å². The molecule has 0 bridgehead atoms. The SMILES string of the molecule is CN=C(NCC(C)(C)N1CCOCC1)N1CCN(S(=O)(=O)CCOC(C)C)CC1. The van der Waals surface area contributed by atoms with Crippen molar-refractivity contribution in [2.24, 2.45) is 4.99 Å². The molecule has 2 aliphatic heterocycles. The molecule has 2 rings (SSSR count). The maximum atomic E-state index is 12.5. The Morgan fingerprint density at radius 2 is 1.76 bits per heavy atom. The molecule has 170 valence electrons. The first-order valence-electron chi connectivity index (χ1n) is 10.5. The number of ether oxygens (including phenoxy) is 2. The van der Waals surface area contributed by atoms with Crippen molar-refractivity contribution >= 4 is 16.0 Å². The number of aliphatic imine (C=N–C) groups is 1. The highest BCUT2D eigenvalue weighted by atomic mass is 32.2. The van der Waals surface area contributed by atoms with Gasteiger partial charge in [-0.25, -0.2) is 8.42 Å². The zero-order valence-corrected chi connectivity index (χ0v) is 19.5. The summed E-state index contributed by atoms with van der Waals surface area (Å²) < 4.78 is 37.4. The molecule has 0 amide bonds. The Morgan fingerprint density at radius 3 is 2.31 bits per heavy atom. The lowest BCUT2D eigenvalue weighted by Gasteiger charge is -2.42. The molecule has 2 saturated heterocycles. The predicted molar refractivity (Wildman–Crippen MR) is 116 cm³/mol. The highest BCUT2D eigenvalue weighted by Gasteiger charge is 2.31. The summed E-state index contributed by atoms with van der Waals surface area (Å²) in [4.78, 5) is 8.98. The van der Waals surface area contributed by atoms with Gasteiger partial charge in [0.25, 0.3) is 0 Å². The standard InChI is InChI=1S/C19H39N5O4S/c1-17(2)28-14-15-29(25,26)24-8-6-22(7-9-24)18(20-5)21-16-19(3,4)23-10-12-27-13-11-23/h17H,6-16H2,1-5H3,(H,20,21). The molecule has 0 aromatic heterocycles. The van der Waals surface area contributed by atoms with Gasteiger partial charge in [-0.05, 0) is 27.7 Å². The Morgan fingerprint density at radius 1 is 1.14 bits per heavy atom. The van der Waals surface area contributed by atoms with Crippen LogP contribution in [0.3, 0.4) is 0 Å². The number of hydrogen-bond acceptors (Lipinski definition) is 6. The number of guanidine groups is 1. The van der Waals surface area contributed by atoms with E-state index >= 15 is 0 Å². The van der Waals surface area contributed by atoms with Crippen molar-refractivity contribution < 1.29 is 17.9 Å². The average molecular weight is 434 g/mol. The predicted octanol–water partition coefficient (Wildman–Crippen LogP) is 0.0450. The highest BCUT2D eigenvalue weighted by molar-refractivity contribution is 7.89. The van der Waals surface area contributed by atoms with Gasteiger partial charge in [-0.3, -0.25) is 9.89 Å². The maximum Gasteiger partial charge on any atom is 0.216 e. The fourth-order valence-corrected chi connectivity index (χ4v) is 4.89. The van der Waals surface area contributed by atoms with Gasteiger partial charge in [-0.1, -0.05) is 0 Å². The second kappa shape index (κ2) is 10.9. The quantitative estimate of drug-likeness (QED) is 0.427. The maximum absolute atomic E-state index is 12.5. The molecule has 0 aromatic carbocycles. The van der Waals surface area contributed by atoms with Crippen LogP contribution >= 0.6 is 0 Å². The Hall–Kier alpha value is -0.940. The summed E-state index contributed by atoms with van der Waals surface area (Å²) in [6.45, 7) is 14.9. The van der Waals surface area contributed by atoms with Crippen LogP contribution in [0.1, 0.15) is 27.7 Å². The molecule has 2 heterocycles. The zero-order chi connectivity index (χ0) is 21.5. The third-order valence-electron chi connectivity index (χ3n) is 5.48. The zero-order valence-electron chi connectivity index (χ0n) is 18.7. The molecule has 10 heteroatoms. The molecule has 0 unspecified atom stereocenters. The molecule has 0 radical (unpaired) electrons. The van der Waals surface area contributed by atoms with E-state index in [1.807, 2.05) is 13.8 Å². The van der Waals surface area contributed by atoms with Gasteiger partial charge in [-0.15, -0.1) is 0 Å². The molecule has 9 nitrogen and oxygen atoms in total. The van der Waals surface area contributed by atoms with Crippen molar-refractivity contribution in [3.8, 4) is 0 Å². The van der Waals surface area contributed by atoms with E-state index in [1.54, 1.807) is 11.4 Å². The van der Waals surface area contributed by atoms with Crippen LogP contribution in [0.2, 0.25) is 0 Å². The van der Waals surface area contributed by atoms with Gasteiger partial charge in [0, 0.05) is 58.4 Å². The van der Waals surface area contributed by atoms with E-state index < -0.39 is 10.0 Å². The number of nitrogens with zero attached hydrogens (tertiary/aromatic N) is 4. The molecule has 29 heavy (non-hydrogen) atoms. The first-order chi connectivity index (χ1) is 13.7. The number of rotatable bonds is 8. The third kappa shape index (κ3) is 7.36. The first kappa shape index (κ1) is 24.3. The second-order valence-corrected chi connectivity index (χ2v) is 10.5. The fourth-order valence-electron chi connectivity index (χ4n) is 3.60. The minimum atomic E-state index is -3.28. The summed E-state index contributed by atoms with van der Waals surface area (Å²) in [5.41, 5.74) is -0.0126. The van der Waals surface area contributed by atoms with Gasteiger partial charge in [0.2, 0.25) is 10.0 Å². The van der Waals surface area contributed by atoms with E-state index in [0.717, 1.165) is 38.8 Å². The Balaban J connectivity index is 1.82. The van der Waals surface area contributed by atoms with Crippen LogP contribution in [0.25, 0.3) is 0 Å². The molecule has 2 aliphatic rings. The monoisotopic (exact) mass is 433 g/mol. The van der Waals surface area contributed by atoms with Crippen LogP contribution in [-0.2, 0) is 19.5 Å². The van der Waals surface area contributed by atoms with E-state index in [1.165, 1.54) is 0 Å². The molecule has 0 aromatic rings. The minimum absolute atomic E-state index is 0.0126. The summed E-state index contributed by atoms with van der Waals surface area (Å²) in [6, 6.07) is 0. The molecule has 0 aliphatic carbocycles. The van der Waals surface area contributed by atoms with Crippen molar-refractivity contribution in [3.05, 3.63) is 0 Å². The fraction of sp³-hybridized carbons (Fsp3) is 0.947. The van der Waals surface area contributed by atoms with Gasteiger partial charge in [0.15, 0.2) is 5.96 Å². The number of morpholine rings is 1. The Kier molecular flexibility index (Phi) is 9.15.